The van der Waals surface area contributed by atoms with Crippen LogP contribution in [0.1, 0.15) is 102 Å². The summed E-state index contributed by atoms with van der Waals surface area (Å²) < 4.78 is 69.9. The van der Waals surface area contributed by atoms with Crippen molar-refractivity contribution in [2.75, 3.05) is 0 Å². The summed E-state index contributed by atoms with van der Waals surface area (Å²) in [4.78, 5) is 20.8. The molecular weight excluding hydrogens is 532 g/mol. The minimum Gasteiger partial charge on any atom is -0.349 e. The first kappa shape index (κ1) is 28.5. The Labute approximate surface area is 229 Å². The number of carbonyl (C=O) groups is 1. The summed E-state index contributed by atoms with van der Waals surface area (Å²) in [5, 5.41) is 3.08. The number of aromatic nitrogens is 2. The smallest absolute Gasteiger partial charge is 0.248 e. The van der Waals surface area contributed by atoms with Crippen LogP contribution in [0, 0.1) is 17.8 Å². The number of hydrogen-bond donors (Lipinski definition) is 3. The first-order chi connectivity index (χ1) is 18.2. The van der Waals surface area contributed by atoms with E-state index in [1.165, 1.54) is 0 Å². The van der Waals surface area contributed by atoms with Crippen molar-refractivity contribution in [3.63, 3.8) is 0 Å². The van der Waals surface area contributed by atoms with Gasteiger partial charge in [-0.3, -0.25) is 4.79 Å². The van der Waals surface area contributed by atoms with E-state index in [-0.39, 0.29) is 55.9 Å². The van der Waals surface area contributed by atoms with Crippen molar-refractivity contribution in [2.45, 2.75) is 107 Å². The van der Waals surface area contributed by atoms with Gasteiger partial charge in [-0.25, -0.2) is 31.5 Å². The Morgan fingerprint density at radius 2 is 1.69 bits per heavy atom. The summed E-state index contributed by atoms with van der Waals surface area (Å²) in [7, 11) is -1.42. The van der Waals surface area contributed by atoms with Crippen LogP contribution in [0.25, 0.3) is 11.0 Å². The largest absolute Gasteiger partial charge is 0.349 e. The van der Waals surface area contributed by atoms with E-state index in [0.717, 1.165) is 23.9 Å². The average Bonchev–Trinajstić information content (AvgIpc) is 3.57. The van der Waals surface area contributed by atoms with Crippen LogP contribution in [0.15, 0.2) is 18.2 Å². The highest BCUT2D eigenvalue weighted by Crippen LogP contribution is 2.45. The van der Waals surface area contributed by atoms with Crippen LogP contribution in [0.3, 0.4) is 0 Å². The normalized spacial score (nSPS) is 24.2. The molecule has 0 aliphatic heterocycles. The van der Waals surface area contributed by atoms with Crippen LogP contribution in [0.4, 0.5) is 17.6 Å². The van der Waals surface area contributed by atoms with Gasteiger partial charge in [0.05, 0.1) is 38.8 Å². The number of hydrogen-bond acceptors (Lipinski definition) is 3. The molecular formula is C28H38F4N4O2S. The second kappa shape index (κ2) is 10.4. The Hall–Kier alpha value is -2.01. The predicted molar refractivity (Wildman–Crippen MR) is 143 cm³/mol. The molecule has 3 N–H and O–H groups in total. The van der Waals surface area contributed by atoms with Crippen LogP contribution in [-0.2, 0) is 15.8 Å². The van der Waals surface area contributed by atoms with Crippen molar-refractivity contribution in [2.24, 2.45) is 17.8 Å². The number of carbonyl (C=O) groups excluding carboxylic acids is 1. The molecule has 0 unspecified atom stereocenters. The Kier molecular flexibility index (Phi) is 7.63. The van der Waals surface area contributed by atoms with Crippen LogP contribution >= 0.6 is 0 Å². The molecule has 216 valence electrons. The lowest BCUT2D eigenvalue weighted by Gasteiger charge is -2.34. The molecule has 3 aliphatic rings. The number of nitrogens with zero attached hydrogens (tertiary/aromatic N) is 1. The zero-order chi connectivity index (χ0) is 28.2. The number of nitrogens with one attached hydrogen (secondary N) is 3. The third-order valence-electron chi connectivity index (χ3n) is 8.26. The van der Waals surface area contributed by atoms with Crippen molar-refractivity contribution in [3.8, 4) is 0 Å². The maximum atomic E-state index is 13.9. The molecule has 1 heterocycles. The summed E-state index contributed by atoms with van der Waals surface area (Å²) in [5.41, 5.74) is 2.35. The van der Waals surface area contributed by atoms with Crippen LogP contribution in [0.2, 0.25) is 0 Å². The Morgan fingerprint density at radius 3 is 2.28 bits per heavy atom. The van der Waals surface area contributed by atoms with Crippen molar-refractivity contribution in [3.05, 3.63) is 29.6 Å². The van der Waals surface area contributed by atoms with E-state index in [9.17, 15) is 26.6 Å². The number of alkyl halides is 4. The molecule has 39 heavy (non-hydrogen) atoms. The molecule has 3 atom stereocenters. The summed E-state index contributed by atoms with van der Waals surface area (Å²) in [6.45, 7) is 5.57. The lowest BCUT2D eigenvalue weighted by atomic mass is 9.79. The van der Waals surface area contributed by atoms with Crippen LogP contribution < -0.4 is 10.0 Å². The summed E-state index contributed by atoms with van der Waals surface area (Å²) in [6, 6.07) is 5.05. The quantitative estimate of drug-likeness (QED) is 0.302. The van der Waals surface area contributed by atoms with Crippen molar-refractivity contribution < 1.29 is 26.6 Å². The maximum absolute atomic E-state index is 13.9. The molecule has 1 aromatic carbocycles. The first-order valence-corrected chi connectivity index (χ1v) is 15.1. The molecule has 6 nitrogen and oxygen atoms in total. The third kappa shape index (κ3) is 6.84. The molecule has 1 aromatic heterocycles. The first-order valence-electron chi connectivity index (χ1n) is 13.9. The second-order valence-corrected chi connectivity index (χ2v) is 14.8. The van der Waals surface area contributed by atoms with Gasteiger partial charge in [0.2, 0.25) is 17.8 Å². The van der Waals surface area contributed by atoms with E-state index >= 15 is 0 Å². The minimum atomic E-state index is -2.67. The molecule has 0 saturated heterocycles. The number of fused-ring (bicyclic) bond motifs is 1. The van der Waals surface area contributed by atoms with Gasteiger partial charge in [-0.1, -0.05) is 6.07 Å². The number of benzene rings is 1. The molecule has 3 saturated carbocycles. The Morgan fingerprint density at radius 1 is 1.05 bits per heavy atom. The van der Waals surface area contributed by atoms with Gasteiger partial charge < -0.3 is 10.3 Å². The molecule has 3 aliphatic carbocycles. The molecule has 0 radical (unpaired) electrons. The average molecular weight is 571 g/mol. The molecule has 3 fully saturated rings. The fraction of sp³-hybridized carbons (Fsp3) is 0.714. The molecule has 0 bridgehead atoms. The minimum absolute atomic E-state index is 0.105. The predicted octanol–water partition coefficient (Wildman–Crippen LogP) is 6.48. The van der Waals surface area contributed by atoms with E-state index < -0.39 is 33.6 Å². The number of halogens is 4. The number of H-pyrrole nitrogens is 1. The van der Waals surface area contributed by atoms with Crippen LogP contribution in [-0.4, -0.2) is 36.7 Å². The monoisotopic (exact) mass is 570 g/mol. The Balaban J connectivity index is 1.35. The summed E-state index contributed by atoms with van der Waals surface area (Å²) in [5.74, 6) is -5.09. The highest BCUT2D eigenvalue weighted by molar-refractivity contribution is 7.84. The fourth-order valence-electron chi connectivity index (χ4n) is 5.78. The van der Waals surface area contributed by atoms with Gasteiger partial charge in [0.1, 0.15) is 5.82 Å². The standard InChI is InChI=1S/C28H38F4N4O2S/c1-26(2,3)39(38)36-24(18-8-10-27(29,30)11-9-18)25-33-20-7-6-19(13-21(20)34-25)23(17-4-5-17)35-22(37)12-16-14-28(31,32)15-16/h6-7,13,16-18,23-24,36H,4-5,8-12,14-15H2,1-3H3,(H,33,34)(H,35,37)/t23-,24-,39+/m0/s1. The van der Waals surface area contributed by atoms with Gasteiger partial charge in [0.15, 0.2) is 0 Å². The van der Waals surface area contributed by atoms with Crippen molar-refractivity contribution >= 4 is 27.9 Å². The zero-order valence-electron chi connectivity index (χ0n) is 22.7. The number of amides is 1. The highest BCUT2D eigenvalue weighted by Gasteiger charge is 2.46. The number of aromatic amines is 1. The van der Waals surface area contributed by atoms with Gasteiger partial charge in [-0.2, -0.15) is 0 Å². The molecule has 2 aromatic rings. The Bertz CT molecular complexity index is 1220. The number of rotatable bonds is 9. The van der Waals surface area contributed by atoms with Crippen LogP contribution in [0.5, 0.6) is 0 Å². The fourth-order valence-corrected chi connectivity index (χ4v) is 6.67. The van der Waals surface area contributed by atoms with E-state index in [2.05, 4.69) is 15.0 Å². The topological polar surface area (TPSA) is 86.9 Å². The third-order valence-corrected chi connectivity index (χ3v) is 9.84. The summed E-state index contributed by atoms with van der Waals surface area (Å²) in [6.07, 6.45) is 1.80. The molecule has 11 heteroatoms. The van der Waals surface area contributed by atoms with Gasteiger partial charge in [0, 0.05) is 32.1 Å². The van der Waals surface area contributed by atoms with Gasteiger partial charge >= 0.3 is 0 Å². The molecule has 1 amide bonds. The lowest BCUT2D eigenvalue weighted by Crippen LogP contribution is -2.40. The second-order valence-electron chi connectivity index (χ2n) is 12.8. The van der Waals surface area contributed by atoms with Crippen molar-refractivity contribution in [1.29, 1.82) is 0 Å². The van der Waals surface area contributed by atoms with E-state index in [1.54, 1.807) is 0 Å². The molecule has 0 spiro atoms. The molecule has 5 rings (SSSR count). The lowest BCUT2D eigenvalue weighted by molar-refractivity contribution is -0.134. The van der Waals surface area contributed by atoms with Gasteiger partial charge in [-0.05, 0) is 81.9 Å². The zero-order valence-corrected chi connectivity index (χ0v) is 23.5. The van der Waals surface area contributed by atoms with Crippen molar-refractivity contribution in [1.82, 2.24) is 20.0 Å². The highest BCUT2D eigenvalue weighted by atomic mass is 32.2. The maximum Gasteiger partial charge on any atom is 0.248 e. The SMILES string of the molecule is CC(C)(C)[S@@](=O)N[C@H](c1nc2ccc([C@@H](NC(=O)CC3CC(F)(F)C3)C3CC3)cc2[nH]1)C1CCC(F)(F)CC1. The van der Waals surface area contributed by atoms with E-state index in [1.807, 2.05) is 39.0 Å². The van der Waals surface area contributed by atoms with E-state index in [4.69, 9.17) is 4.98 Å². The number of imidazole rings is 1. The van der Waals surface area contributed by atoms with Gasteiger partial charge in [0.25, 0.3) is 0 Å². The summed E-state index contributed by atoms with van der Waals surface area (Å²) >= 11 is 0. The van der Waals surface area contributed by atoms with E-state index in [0.29, 0.717) is 30.1 Å². The van der Waals surface area contributed by atoms with Gasteiger partial charge in [-0.15, -0.1) is 0 Å².